The summed E-state index contributed by atoms with van der Waals surface area (Å²) >= 11 is 1.41. The minimum atomic E-state index is -0.461. The van der Waals surface area contributed by atoms with Crippen molar-refractivity contribution in [3.63, 3.8) is 0 Å². The number of ether oxygens (including phenoxy) is 1. The van der Waals surface area contributed by atoms with Crippen molar-refractivity contribution in [2.24, 2.45) is 0 Å². The van der Waals surface area contributed by atoms with Gasteiger partial charge >= 0.3 is 0 Å². The molecular weight excluding hydrogens is 350 g/mol. The van der Waals surface area contributed by atoms with Gasteiger partial charge in [-0.2, -0.15) is 0 Å². The third-order valence-electron chi connectivity index (χ3n) is 3.92. The van der Waals surface area contributed by atoms with Crippen LogP contribution in [0.4, 0.5) is 0 Å². The molecule has 0 bridgehead atoms. The molecule has 0 spiro atoms. The SMILES string of the molecule is CCOc1ccc(-c2nc(-c3oc4ccccc4c(=O)c3O)cs2)cc1. The van der Waals surface area contributed by atoms with E-state index in [0.29, 0.717) is 23.3 Å². The minimum absolute atomic E-state index is 0.0853. The summed E-state index contributed by atoms with van der Waals surface area (Å²) in [6.45, 7) is 2.55. The summed E-state index contributed by atoms with van der Waals surface area (Å²) in [4.78, 5) is 16.9. The van der Waals surface area contributed by atoms with Crippen LogP contribution in [0.1, 0.15) is 6.92 Å². The fourth-order valence-electron chi connectivity index (χ4n) is 2.68. The van der Waals surface area contributed by atoms with E-state index >= 15 is 0 Å². The molecule has 4 aromatic rings. The number of aromatic hydroxyl groups is 1. The highest BCUT2D eigenvalue weighted by Gasteiger charge is 2.18. The molecule has 6 heteroatoms. The summed E-state index contributed by atoms with van der Waals surface area (Å²) in [7, 11) is 0. The van der Waals surface area contributed by atoms with E-state index in [0.717, 1.165) is 16.3 Å². The molecule has 0 saturated carbocycles. The van der Waals surface area contributed by atoms with Crippen molar-refractivity contribution in [1.82, 2.24) is 4.98 Å². The van der Waals surface area contributed by atoms with Crippen LogP contribution < -0.4 is 10.2 Å². The molecule has 0 radical (unpaired) electrons. The van der Waals surface area contributed by atoms with E-state index in [1.165, 1.54) is 11.3 Å². The zero-order valence-corrected chi connectivity index (χ0v) is 14.7. The number of fused-ring (bicyclic) bond motifs is 1. The summed E-state index contributed by atoms with van der Waals surface area (Å²) in [6, 6.07) is 14.4. The normalized spacial score (nSPS) is 11.0. The first-order chi connectivity index (χ1) is 12.7. The number of para-hydroxylation sites is 1. The van der Waals surface area contributed by atoms with E-state index in [9.17, 15) is 9.90 Å². The molecule has 5 nitrogen and oxygen atoms in total. The van der Waals surface area contributed by atoms with E-state index in [1.54, 1.807) is 29.6 Å². The molecule has 26 heavy (non-hydrogen) atoms. The van der Waals surface area contributed by atoms with Crippen LogP contribution in [-0.4, -0.2) is 16.7 Å². The van der Waals surface area contributed by atoms with Crippen LogP contribution >= 0.6 is 11.3 Å². The van der Waals surface area contributed by atoms with E-state index in [-0.39, 0.29) is 5.76 Å². The molecule has 0 aliphatic carbocycles. The van der Waals surface area contributed by atoms with Crippen molar-refractivity contribution in [3.05, 3.63) is 64.1 Å². The summed E-state index contributed by atoms with van der Waals surface area (Å²) in [5, 5.41) is 13.1. The maximum absolute atomic E-state index is 12.3. The second-order valence-electron chi connectivity index (χ2n) is 5.60. The van der Waals surface area contributed by atoms with Gasteiger partial charge in [-0.25, -0.2) is 4.98 Å². The molecule has 0 unspecified atom stereocenters. The van der Waals surface area contributed by atoms with Gasteiger partial charge in [-0.3, -0.25) is 4.79 Å². The van der Waals surface area contributed by atoms with E-state index in [4.69, 9.17) is 9.15 Å². The number of nitrogens with zero attached hydrogens (tertiary/aromatic N) is 1. The second-order valence-corrected chi connectivity index (χ2v) is 6.46. The van der Waals surface area contributed by atoms with Gasteiger partial charge in [0.1, 0.15) is 22.0 Å². The highest BCUT2D eigenvalue weighted by molar-refractivity contribution is 7.13. The predicted octanol–water partition coefficient (Wildman–Crippen LogP) is 4.69. The third kappa shape index (κ3) is 2.84. The summed E-state index contributed by atoms with van der Waals surface area (Å²) in [5.41, 5.74) is 1.31. The summed E-state index contributed by atoms with van der Waals surface area (Å²) < 4.78 is 11.2. The average molecular weight is 365 g/mol. The molecule has 0 atom stereocenters. The van der Waals surface area contributed by atoms with Crippen LogP contribution in [0.25, 0.3) is 33.0 Å². The Labute approximate surface area is 153 Å². The van der Waals surface area contributed by atoms with Crippen molar-refractivity contribution >= 4 is 22.3 Å². The molecular formula is C20H15NO4S. The van der Waals surface area contributed by atoms with Gasteiger partial charge in [0.25, 0.3) is 0 Å². The smallest absolute Gasteiger partial charge is 0.235 e. The number of aromatic nitrogens is 1. The summed E-state index contributed by atoms with van der Waals surface area (Å²) in [6.07, 6.45) is 0. The van der Waals surface area contributed by atoms with E-state index in [1.807, 2.05) is 31.2 Å². The van der Waals surface area contributed by atoms with Crippen LogP contribution in [0.2, 0.25) is 0 Å². The van der Waals surface area contributed by atoms with E-state index < -0.39 is 11.2 Å². The fraction of sp³-hybridized carbons (Fsp3) is 0.100. The predicted molar refractivity (Wildman–Crippen MR) is 102 cm³/mol. The van der Waals surface area contributed by atoms with Gasteiger partial charge in [0, 0.05) is 10.9 Å². The molecule has 130 valence electrons. The minimum Gasteiger partial charge on any atom is -0.501 e. The van der Waals surface area contributed by atoms with Gasteiger partial charge in [-0.05, 0) is 43.3 Å². The van der Waals surface area contributed by atoms with Gasteiger partial charge in [0.05, 0.1) is 12.0 Å². The van der Waals surface area contributed by atoms with Gasteiger partial charge in [0.2, 0.25) is 11.2 Å². The molecule has 0 aliphatic rings. The quantitative estimate of drug-likeness (QED) is 0.568. The Morgan fingerprint density at radius 1 is 1.15 bits per heavy atom. The maximum Gasteiger partial charge on any atom is 0.235 e. The molecule has 2 aromatic carbocycles. The second kappa shape index (κ2) is 6.65. The van der Waals surface area contributed by atoms with Crippen molar-refractivity contribution in [2.75, 3.05) is 6.61 Å². The van der Waals surface area contributed by atoms with Crippen molar-refractivity contribution in [3.8, 4) is 33.5 Å². The lowest BCUT2D eigenvalue weighted by Crippen LogP contribution is -2.02. The van der Waals surface area contributed by atoms with Crippen molar-refractivity contribution in [1.29, 1.82) is 0 Å². The highest BCUT2D eigenvalue weighted by atomic mass is 32.1. The topological polar surface area (TPSA) is 72.6 Å². The van der Waals surface area contributed by atoms with Crippen molar-refractivity contribution < 1.29 is 14.3 Å². The monoisotopic (exact) mass is 365 g/mol. The Kier molecular flexibility index (Phi) is 4.18. The largest absolute Gasteiger partial charge is 0.501 e. The first-order valence-electron chi connectivity index (χ1n) is 8.11. The first kappa shape index (κ1) is 16.4. The number of thiazole rings is 1. The lowest BCUT2D eigenvalue weighted by atomic mass is 10.2. The first-order valence-corrected chi connectivity index (χ1v) is 8.99. The molecule has 0 amide bonds. The Balaban J connectivity index is 1.75. The molecule has 2 heterocycles. The van der Waals surface area contributed by atoms with Crippen LogP contribution in [0, 0.1) is 0 Å². The Morgan fingerprint density at radius 3 is 2.69 bits per heavy atom. The number of rotatable bonds is 4. The summed E-state index contributed by atoms with van der Waals surface area (Å²) in [5.74, 6) is 0.459. The Bertz CT molecular complexity index is 1130. The third-order valence-corrected chi connectivity index (χ3v) is 4.81. The standard InChI is InChI=1S/C20H15NO4S/c1-2-24-13-9-7-12(8-10-13)20-21-15(11-26-20)19-18(23)17(22)14-5-3-4-6-16(14)25-19/h3-11,23H,2H2,1H3. The molecule has 0 aliphatic heterocycles. The molecule has 0 saturated heterocycles. The van der Waals surface area contributed by atoms with Gasteiger partial charge in [-0.15, -0.1) is 11.3 Å². The Hall–Kier alpha value is -3.12. The Morgan fingerprint density at radius 2 is 1.92 bits per heavy atom. The number of hydrogen-bond acceptors (Lipinski definition) is 6. The van der Waals surface area contributed by atoms with Crippen molar-refractivity contribution in [2.45, 2.75) is 6.92 Å². The molecule has 2 aromatic heterocycles. The highest BCUT2D eigenvalue weighted by Crippen LogP contribution is 2.34. The zero-order chi connectivity index (χ0) is 18.1. The molecule has 0 fully saturated rings. The number of hydrogen-bond donors (Lipinski definition) is 1. The van der Waals surface area contributed by atoms with E-state index in [2.05, 4.69) is 4.98 Å². The lowest BCUT2D eigenvalue weighted by Gasteiger charge is -2.04. The number of benzene rings is 2. The van der Waals surface area contributed by atoms with Crippen LogP contribution in [0.15, 0.2) is 63.1 Å². The lowest BCUT2D eigenvalue weighted by molar-refractivity contribution is 0.340. The van der Waals surface area contributed by atoms with Gasteiger partial charge < -0.3 is 14.3 Å². The average Bonchev–Trinajstić information content (AvgIpc) is 3.15. The van der Waals surface area contributed by atoms with Crippen LogP contribution in [0.3, 0.4) is 0 Å². The fourth-order valence-corrected chi connectivity index (χ4v) is 3.48. The van der Waals surface area contributed by atoms with Gasteiger partial charge in [-0.1, -0.05) is 12.1 Å². The zero-order valence-electron chi connectivity index (χ0n) is 13.9. The molecule has 4 rings (SSSR count). The maximum atomic E-state index is 12.3. The van der Waals surface area contributed by atoms with Crippen LogP contribution in [-0.2, 0) is 0 Å². The van der Waals surface area contributed by atoms with Gasteiger partial charge in [0.15, 0.2) is 5.76 Å². The molecule has 1 N–H and O–H groups in total. The van der Waals surface area contributed by atoms with Crippen LogP contribution in [0.5, 0.6) is 11.5 Å².